The van der Waals surface area contributed by atoms with Gasteiger partial charge in [0.2, 0.25) is 0 Å². The van der Waals surface area contributed by atoms with Gasteiger partial charge in [-0.1, -0.05) is 28.1 Å². The molecule has 0 aliphatic carbocycles. The summed E-state index contributed by atoms with van der Waals surface area (Å²) in [6.45, 7) is 7.57. The summed E-state index contributed by atoms with van der Waals surface area (Å²) in [6, 6.07) is 7.88. The second-order valence-corrected chi connectivity index (χ2v) is 5.88. The van der Waals surface area contributed by atoms with Gasteiger partial charge in [-0.15, -0.1) is 0 Å². The van der Waals surface area contributed by atoms with Crippen molar-refractivity contribution in [1.82, 2.24) is 5.32 Å². The fourth-order valence-corrected chi connectivity index (χ4v) is 2.50. The molecule has 20 heavy (non-hydrogen) atoms. The minimum absolute atomic E-state index is 0.0513. The van der Waals surface area contributed by atoms with Crippen LogP contribution in [0.4, 0.5) is 0 Å². The SMILES string of the molecule is Cc1oc(C)c(C(=O)NC(C)c2ccc(Br)cc2)c1C. The van der Waals surface area contributed by atoms with Gasteiger partial charge in [0.15, 0.2) is 0 Å². The van der Waals surface area contributed by atoms with Gasteiger partial charge in [0.05, 0.1) is 11.6 Å². The lowest BCUT2D eigenvalue weighted by Crippen LogP contribution is -2.27. The molecule has 0 fully saturated rings. The van der Waals surface area contributed by atoms with Crippen molar-refractivity contribution < 1.29 is 9.21 Å². The Morgan fingerprint density at radius 2 is 1.75 bits per heavy atom. The molecule has 1 aromatic heterocycles. The summed E-state index contributed by atoms with van der Waals surface area (Å²) in [5, 5.41) is 3.01. The predicted molar refractivity (Wildman–Crippen MR) is 82.9 cm³/mol. The van der Waals surface area contributed by atoms with Crippen LogP contribution in [-0.2, 0) is 0 Å². The van der Waals surface area contributed by atoms with E-state index in [9.17, 15) is 4.79 Å². The van der Waals surface area contributed by atoms with Gasteiger partial charge in [-0.05, 0) is 45.4 Å². The molecule has 1 N–H and O–H groups in total. The van der Waals surface area contributed by atoms with Crippen molar-refractivity contribution in [3.05, 3.63) is 56.9 Å². The highest BCUT2D eigenvalue weighted by molar-refractivity contribution is 9.10. The maximum absolute atomic E-state index is 12.4. The average molecular weight is 336 g/mol. The average Bonchev–Trinajstić information content (AvgIpc) is 2.63. The molecular weight excluding hydrogens is 318 g/mol. The Morgan fingerprint density at radius 1 is 1.15 bits per heavy atom. The lowest BCUT2D eigenvalue weighted by atomic mass is 10.1. The fourth-order valence-electron chi connectivity index (χ4n) is 2.23. The van der Waals surface area contributed by atoms with E-state index in [1.807, 2.05) is 52.0 Å². The van der Waals surface area contributed by atoms with E-state index in [-0.39, 0.29) is 11.9 Å². The number of aryl methyl sites for hydroxylation is 2. The molecule has 0 spiro atoms. The van der Waals surface area contributed by atoms with Gasteiger partial charge >= 0.3 is 0 Å². The Hall–Kier alpha value is -1.55. The van der Waals surface area contributed by atoms with Crippen molar-refractivity contribution in [3.63, 3.8) is 0 Å². The largest absolute Gasteiger partial charge is 0.466 e. The second-order valence-electron chi connectivity index (χ2n) is 4.96. The van der Waals surface area contributed by atoms with E-state index in [1.54, 1.807) is 0 Å². The van der Waals surface area contributed by atoms with E-state index >= 15 is 0 Å². The second kappa shape index (κ2) is 5.83. The summed E-state index contributed by atoms with van der Waals surface area (Å²) in [5.74, 6) is 1.37. The maximum Gasteiger partial charge on any atom is 0.255 e. The molecular formula is C16H18BrNO2. The molecule has 4 heteroatoms. The lowest BCUT2D eigenvalue weighted by molar-refractivity contribution is 0.0938. The van der Waals surface area contributed by atoms with Crippen LogP contribution >= 0.6 is 15.9 Å². The molecule has 1 unspecified atom stereocenters. The van der Waals surface area contributed by atoms with Gasteiger partial charge in [-0.25, -0.2) is 0 Å². The zero-order valence-corrected chi connectivity index (χ0v) is 13.7. The number of rotatable bonds is 3. The van der Waals surface area contributed by atoms with Crippen LogP contribution in [0.3, 0.4) is 0 Å². The minimum Gasteiger partial charge on any atom is -0.466 e. The van der Waals surface area contributed by atoms with Crippen LogP contribution in [0.25, 0.3) is 0 Å². The number of carbonyl (C=O) groups excluding carboxylic acids is 1. The van der Waals surface area contributed by atoms with Crippen molar-refractivity contribution in [2.45, 2.75) is 33.7 Å². The van der Waals surface area contributed by atoms with Crippen molar-refractivity contribution >= 4 is 21.8 Å². The molecule has 1 heterocycles. The summed E-state index contributed by atoms with van der Waals surface area (Å²) in [5.41, 5.74) is 2.62. The summed E-state index contributed by atoms with van der Waals surface area (Å²) >= 11 is 3.40. The minimum atomic E-state index is -0.0905. The lowest BCUT2D eigenvalue weighted by Gasteiger charge is -2.14. The third-order valence-corrected chi connectivity index (χ3v) is 4.03. The molecule has 0 saturated carbocycles. The Balaban J connectivity index is 2.17. The van der Waals surface area contributed by atoms with Crippen LogP contribution in [-0.4, -0.2) is 5.91 Å². The van der Waals surface area contributed by atoms with Crippen molar-refractivity contribution in [3.8, 4) is 0 Å². The predicted octanol–water partition coefficient (Wildman–Crippen LogP) is 4.46. The van der Waals surface area contributed by atoms with Crippen molar-refractivity contribution in [2.75, 3.05) is 0 Å². The zero-order chi connectivity index (χ0) is 14.9. The monoisotopic (exact) mass is 335 g/mol. The maximum atomic E-state index is 12.4. The van der Waals surface area contributed by atoms with Gasteiger partial charge in [-0.2, -0.15) is 0 Å². The molecule has 0 aliphatic rings. The number of furan rings is 1. The Kier molecular flexibility index (Phi) is 4.33. The number of amides is 1. The zero-order valence-electron chi connectivity index (χ0n) is 12.1. The van der Waals surface area contributed by atoms with Gasteiger partial charge < -0.3 is 9.73 Å². The summed E-state index contributed by atoms with van der Waals surface area (Å²) < 4.78 is 6.53. The molecule has 106 valence electrons. The van der Waals surface area contributed by atoms with Crippen LogP contribution in [0.2, 0.25) is 0 Å². The van der Waals surface area contributed by atoms with Crippen LogP contribution in [0.1, 0.15) is 46.0 Å². The van der Waals surface area contributed by atoms with Gasteiger partial charge in [0, 0.05) is 10.0 Å². The smallest absolute Gasteiger partial charge is 0.255 e. The number of hydrogen-bond donors (Lipinski definition) is 1. The quantitative estimate of drug-likeness (QED) is 0.899. The first kappa shape index (κ1) is 14.9. The molecule has 2 aromatic rings. The number of halogens is 1. The first-order valence-corrected chi connectivity index (χ1v) is 7.32. The van der Waals surface area contributed by atoms with Crippen LogP contribution in [0.5, 0.6) is 0 Å². The third-order valence-electron chi connectivity index (χ3n) is 3.51. The summed E-state index contributed by atoms with van der Waals surface area (Å²) in [7, 11) is 0. The van der Waals surface area contributed by atoms with Gasteiger partial charge in [0.25, 0.3) is 5.91 Å². The highest BCUT2D eigenvalue weighted by Crippen LogP contribution is 2.22. The van der Waals surface area contributed by atoms with Gasteiger partial charge in [0.1, 0.15) is 11.5 Å². The van der Waals surface area contributed by atoms with E-state index in [1.165, 1.54) is 0 Å². The Labute approximate surface area is 127 Å². The Morgan fingerprint density at radius 3 is 2.25 bits per heavy atom. The molecule has 0 radical (unpaired) electrons. The number of hydrogen-bond acceptors (Lipinski definition) is 2. The number of nitrogens with one attached hydrogen (secondary N) is 1. The van der Waals surface area contributed by atoms with Crippen LogP contribution < -0.4 is 5.32 Å². The standard InChI is InChI=1S/C16H18BrNO2/c1-9-11(3)20-12(4)15(9)16(19)18-10(2)13-5-7-14(17)8-6-13/h5-8,10H,1-4H3,(H,18,19). The van der Waals surface area contributed by atoms with E-state index in [2.05, 4.69) is 21.2 Å². The topological polar surface area (TPSA) is 42.2 Å². The van der Waals surface area contributed by atoms with Crippen LogP contribution in [0.15, 0.2) is 33.2 Å². The molecule has 0 aliphatic heterocycles. The third kappa shape index (κ3) is 2.96. The molecule has 0 bridgehead atoms. The van der Waals surface area contributed by atoms with E-state index in [4.69, 9.17) is 4.42 Å². The van der Waals surface area contributed by atoms with E-state index in [0.717, 1.165) is 21.4 Å². The van der Waals surface area contributed by atoms with E-state index in [0.29, 0.717) is 11.3 Å². The number of carbonyl (C=O) groups is 1. The van der Waals surface area contributed by atoms with Crippen molar-refractivity contribution in [2.24, 2.45) is 0 Å². The Bertz CT molecular complexity index is 629. The highest BCUT2D eigenvalue weighted by atomic mass is 79.9. The normalized spacial score (nSPS) is 12.2. The molecule has 2 rings (SSSR count). The molecule has 1 atom stereocenters. The van der Waals surface area contributed by atoms with Gasteiger partial charge in [-0.3, -0.25) is 4.79 Å². The number of benzene rings is 1. The van der Waals surface area contributed by atoms with E-state index < -0.39 is 0 Å². The van der Waals surface area contributed by atoms with Crippen LogP contribution in [0, 0.1) is 20.8 Å². The first-order chi connectivity index (χ1) is 9.40. The van der Waals surface area contributed by atoms with Crippen molar-refractivity contribution in [1.29, 1.82) is 0 Å². The summed E-state index contributed by atoms with van der Waals surface area (Å²) in [6.07, 6.45) is 0. The fraction of sp³-hybridized carbons (Fsp3) is 0.312. The first-order valence-electron chi connectivity index (χ1n) is 6.53. The molecule has 1 amide bonds. The summed E-state index contributed by atoms with van der Waals surface area (Å²) in [4.78, 5) is 12.4. The molecule has 1 aromatic carbocycles. The molecule has 0 saturated heterocycles. The molecule has 3 nitrogen and oxygen atoms in total. The highest BCUT2D eigenvalue weighted by Gasteiger charge is 2.20.